The molecule has 3 rings (SSSR count). The summed E-state index contributed by atoms with van der Waals surface area (Å²) in [5.41, 5.74) is 6.61. The number of nitrogen functional groups attached to an aromatic ring is 1. The van der Waals surface area contributed by atoms with Gasteiger partial charge in [-0.15, -0.1) is 11.3 Å². The first-order chi connectivity index (χ1) is 10.1. The van der Waals surface area contributed by atoms with Crippen LogP contribution in [0, 0.1) is 5.92 Å². The Balaban J connectivity index is 1.67. The number of carbonyl (C=O) groups is 1. The van der Waals surface area contributed by atoms with Crippen LogP contribution in [-0.4, -0.2) is 25.7 Å². The van der Waals surface area contributed by atoms with Gasteiger partial charge in [0, 0.05) is 34.9 Å². The van der Waals surface area contributed by atoms with Crippen molar-refractivity contribution in [1.82, 2.24) is 5.32 Å². The third-order valence-corrected chi connectivity index (χ3v) is 5.16. The molecule has 3 N–H and O–H groups in total. The van der Waals surface area contributed by atoms with Crippen LogP contribution in [0.3, 0.4) is 0 Å². The van der Waals surface area contributed by atoms with Crippen molar-refractivity contribution in [3.8, 4) is 0 Å². The number of halogens is 1. The molecule has 1 aliphatic rings. The molecule has 0 aliphatic carbocycles. The van der Waals surface area contributed by atoms with Crippen LogP contribution in [0.5, 0.6) is 0 Å². The predicted octanol–water partition coefficient (Wildman–Crippen LogP) is 3.29. The molecule has 1 aromatic heterocycles. The topological polar surface area (TPSA) is 64.4 Å². The number of thiophene rings is 1. The number of anilines is 1. The Hall–Kier alpha value is -1.30. The second kappa shape index (κ2) is 6.22. The van der Waals surface area contributed by atoms with E-state index in [-0.39, 0.29) is 5.91 Å². The number of hydrogen-bond acceptors (Lipinski definition) is 4. The Morgan fingerprint density at radius 3 is 3.14 bits per heavy atom. The molecule has 4 nitrogen and oxygen atoms in total. The average molecular weight is 325 g/mol. The van der Waals surface area contributed by atoms with Gasteiger partial charge in [0.1, 0.15) is 4.88 Å². The highest BCUT2D eigenvalue weighted by molar-refractivity contribution is 7.21. The van der Waals surface area contributed by atoms with Crippen LogP contribution in [0.25, 0.3) is 10.1 Å². The molecule has 2 heterocycles. The fourth-order valence-electron chi connectivity index (χ4n) is 2.54. The van der Waals surface area contributed by atoms with Crippen LogP contribution in [0.15, 0.2) is 18.2 Å². The first kappa shape index (κ1) is 14.6. The van der Waals surface area contributed by atoms with Crippen molar-refractivity contribution in [2.24, 2.45) is 5.92 Å². The van der Waals surface area contributed by atoms with E-state index in [0.717, 1.165) is 36.1 Å². The van der Waals surface area contributed by atoms with Crippen LogP contribution in [0.1, 0.15) is 22.5 Å². The van der Waals surface area contributed by atoms with Gasteiger partial charge < -0.3 is 15.8 Å². The Morgan fingerprint density at radius 1 is 1.52 bits per heavy atom. The van der Waals surface area contributed by atoms with E-state index in [2.05, 4.69) is 5.32 Å². The molecule has 1 unspecified atom stereocenters. The minimum Gasteiger partial charge on any atom is -0.397 e. The normalized spacial score (nSPS) is 18.2. The first-order valence-corrected chi connectivity index (χ1v) is 8.18. The molecule has 0 saturated carbocycles. The molecular weight excluding hydrogens is 308 g/mol. The highest BCUT2D eigenvalue weighted by atomic mass is 35.5. The highest BCUT2D eigenvalue weighted by Crippen LogP contribution is 2.35. The maximum atomic E-state index is 12.2. The van der Waals surface area contributed by atoms with E-state index in [1.165, 1.54) is 11.3 Å². The van der Waals surface area contributed by atoms with Gasteiger partial charge in [-0.1, -0.05) is 11.6 Å². The van der Waals surface area contributed by atoms with Gasteiger partial charge in [0.25, 0.3) is 5.91 Å². The molecule has 1 amide bonds. The Bertz CT molecular complexity index is 665. The largest absolute Gasteiger partial charge is 0.397 e. The number of hydrogen-bond donors (Lipinski definition) is 2. The maximum Gasteiger partial charge on any atom is 0.263 e. The molecule has 112 valence electrons. The standard InChI is InChI=1S/C15H17ClN2O2S/c16-10-1-2-11-12(7-10)21-14(13(11)17)15(19)18-5-3-9-4-6-20-8-9/h1-2,7,9H,3-6,8,17H2,(H,18,19). The summed E-state index contributed by atoms with van der Waals surface area (Å²) >= 11 is 7.35. The van der Waals surface area contributed by atoms with E-state index in [0.29, 0.717) is 28.0 Å². The summed E-state index contributed by atoms with van der Waals surface area (Å²) in [6.45, 7) is 2.29. The van der Waals surface area contributed by atoms with E-state index < -0.39 is 0 Å². The van der Waals surface area contributed by atoms with E-state index in [1.807, 2.05) is 12.1 Å². The third-order valence-electron chi connectivity index (χ3n) is 3.76. The zero-order valence-corrected chi connectivity index (χ0v) is 13.1. The smallest absolute Gasteiger partial charge is 0.263 e. The summed E-state index contributed by atoms with van der Waals surface area (Å²) in [5, 5.41) is 4.48. The summed E-state index contributed by atoms with van der Waals surface area (Å²) in [7, 11) is 0. The lowest BCUT2D eigenvalue weighted by atomic mass is 10.1. The highest BCUT2D eigenvalue weighted by Gasteiger charge is 2.18. The second-order valence-electron chi connectivity index (χ2n) is 5.26. The molecule has 2 aromatic rings. The fourth-order valence-corrected chi connectivity index (χ4v) is 3.86. The van der Waals surface area contributed by atoms with E-state index >= 15 is 0 Å². The van der Waals surface area contributed by atoms with Gasteiger partial charge in [-0.05, 0) is 37.0 Å². The van der Waals surface area contributed by atoms with Gasteiger partial charge in [0.15, 0.2) is 0 Å². The number of carbonyl (C=O) groups excluding carboxylic acids is 1. The SMILES string of the molecule is Nc1c(C(=O)NCCC2CCOC2)sc2cc(Cl)ccc12. The van der Waals surface area contributed by atoms with Crippen molar-refractivity contribution in [2.75, 3.05) is 25.5 Å². The number of nitrogens with one attached hydrogen (secondary N) is 1. The molecular formula is C15H17ClN2O2S. The molecule has 1 aliphatic heterocycles. The number of fused-ring (bicyclic) bond motifs is 1. The monoisotopic (exact) mass is 324 g/mol. The van der Waals surface area contributed by atoms with Gasteiger partial charge in [-0.3, -0.25) is 4.79 Å². The molecule has 1 aromatic carbocycles. The van der Waals surface area contributed by atoms with Crippen molar-refractivity contribution in [3.05, 3.63) is 28.1 Å². The fraction of sp³-hybridized carbons (Fsp3) is 0.400. The van der Waals surface area contributed by atoms with Gasteiger partial charge >= 0.3 is 0 Å². The minimum absolute atomic E-state index is 0.108. The number of amides is 1. The van der Waals surface area contributed by atoms with Gasteiger partial charge in [0.2, 0.25) is 0 Å². The van der Waals surface area contributed by atoms with Crippen LogP contribution in [0.2, 0.25) is 5.02 Å². The van der Waals surface area contributed by atoms with E-state index in [4.69, 9.17) is 22.1 Å². The zero-order valence-electron chi connectivity index (χ0n) is 11.5. The quantitative estimate of drug-likeness (QED) is 0.907. The number of benzene rings is 1. The molecule has 21 heavy (non-hydrogen) atoms. The van der Waals surface area contributed by atoms with Crippen molar-refractivity contribution in [1.29, 1.82) is 0 Å². The molecule has 0 bridgehead atoms. The third kappa shape index (κ3) is 3.15. The lowest BCUT2D eigenvalue weighted by Gasteiger charge is -2.08. The van der Waals surface area contributed by atoms with Crippen molar-refractivity contribution >= 4 is 44.6 Å². The van der Waals surface area contributed by atoms with E-state index in [9.17, 15) is 4.79 Å². The Labute approximate surface area is 132 Å². The number of rotatable bonds is 4. The summed E-state index contributed by atoms with van der Waals surface area (Å²) in [5.74, 6) is 0.451. The number of nitrogens with two attached hydrogens (primary N) is 1. The molecule has 1 saturated heterocycles. The molecule has 1 atom stereocenters. The minimum atomic E-state index is -0.108. The Kier molecular flexibility index (Phi) is 4.33. The van der Waals surface area contributed by atoms with Crippen molar-refractivity contribution in [2.45, 2.75) is 12.8 Å². The Morgan fingerprint density at radius 2 is 2.38 bits per heavy atom. The van der Waals surface area contributed by atoms with Crippen LogP contribution < -0.4 is 11.1 Å². The summed E-state index contributed by atoms with van der Waals surface area (Å²) in [6.07, 6.45) is 2.03. The van der Waals surface area contributed by atoms with Crippen molar-refractivity contribution in [3.63, 3.8) is 0 Å². The molecule has 0 radical (unpaired) electrons. The van der Waals surface area contributed by atoms with Crippen LogP contribution in [0.4, 0.5) is 5.69 Å². The van der Waals surface area contributed by atoms with Crippen molar-refractivity contribution < 1.29 is 9.53 Å². The predicted molar refractivity (Wildman–Crippen MR) is 87.1 cm³/mol. The zero-order chi connectivity index (χ0) is 14.8. The first-order valence-electron chi connectivity index (χ1n) is 6.98. The molecule has 0 spiro atoms. The number of ether oxygens (including phenoxy) is 1. The summed E-state index contributed by atoms with van der Waals surface area (Å²) in [6, 6.07) is 5.48. The summed E-state index contributed by atoms with van der Waals surface area (Å²) in [4.78, 5) is 12.8. The van der Waals surface area contributed by atoms with Crippen LogP contribution in [-0.2, 0) is 4.74 Å². The molecule has 6 heteroatoms. The van der Waals surface area contributed by atoms with Crippen LogP contribution >= 0.6 is 22.9 Å². The van der Waals surface area contributed by atoms with Gasteiger partial charge in [0.05, 0.1) is 5.69 Å². The lowest BCUT2D eigenvalue weighted by molar-refractivity contribution is 0.0955. The average Bonchev–Trinajstić information content (AvgIpc) is 3.07. The maximum absolute atomic E-state index is 12.2. The van der Waals surface area contributed by atoms with Gasteiger partial charge in [-0.25, -0.2) is 0 Å². The second-order valence-corrected chi connectivity index (χ2v) is 6.75. The summed E-state index contributed by atoms with van der Waals surface area (Å²) < 4.78 is 6.27. The van der Waals surface area contributed by atoms with Gasteiger partial charge in [-0.2, -0.15) is 0 Å². The molecule has 1 fully saturated rings. The lowest BCUT2D eigenvalue weighted by Crippen LogP contribution is -2.25. The van der Waals surface area contributed by atoms with E-state index in [1.54, 1.807) is 6.07 Å².